The number of hydrogen-bond donors (Lipinski definition) is 3. The maximum absolute atomic E-state index is 11.9. The van der Waals surface area contributed by atoms with Crippen LogP contribution in [-0.4, -0.2) is 53.1 Å². The molecule has 0 saturated carbocycles. The standard InChI is InChI=1S/C17H23N5O3S/c23-17(18-8-10-26-16-11-19-22-21-16)20-13-4-6-14(7-5-13)25-12-15-3-1-2-9-24-15/h4-7,11,15H,1-3,8-10,12H2,(H2,18,20,23)(H,19,21,22)/t15-/m1/s1. The number of benzene rings is 1. The van der Waals surface area contributed by atoms with Crippen molar-refractivity contribution >= 4 is 23.5 Å². The summed E-state index contributed by atoms with van der Waals surface area (Å²) in [5.74, 6) is 1.49. The highest BCUT2D eigenvalue weighted by Gasteiger charge is 2.14. The molecule has 1 aliphatic heterocycles. The lowest BCUT2D eigenvalue weighted by Gasteiger charge is -2.22. The summed E-state index contributed by atoms with van der Waals surface area (Å²) >= 11 is 1.52. The number of nitrogens with zero attached hydrogens (tertiary/aromatic N) is 2. The maximum Gasteiger partial charge on any atom is 0.319 e. The number of nitrogens with one attached hydrogen (secondary N) is 3. The second-order valence-electron chi connectivity index (χ2n) is 5.86. The molecule has 0 radical (unpaired) electrons. The molecule has 1 atom stereocenters. The van der Waals surface area contributed by atoms with Gasteiger partial charge in [0.2, 0.25) is 0 Å². The molecule has 1 saturated heterocycles. The van der Waals surface area contributed by atoms with Crippen molar-refractivity contribution in [3.8, 4) is 5.75 Å². The lowest BCUT2D eigenvalue weighted by atomic mass is 10.1. The summed E-state index contributed by atoms with van der Waals surface area (Å²) in [5, 5.41) is 16.6. The molecule has 3 rings (SSSR count). The Labute approximate surface area is 156 Å². The number of aromatic nitrogens is 3. The lowest BCUT2D eigenvalue weighted by Crippen LogP contribution is -2.30. The van der Waals surface area contributed by atoms with Crippen LogP contribution in [0, 0.1) is 0 Å². The fraction of sp³-hybridized carbons (Fsp3) is 0.471. The van der Waals surface area contributed by atoms with Crippen LogP contribution in [0.15, 0.2) is 35.5 Å². The Kier molecular flexibility index (Phi) is 7.15. The van der Waals surface area contributed by atoms with Gasteiger partial charge in [-0.1, -0.05) is 0 Å². The van der Waals surface area contributed by atoms with Gasteiger partial charge in [0.1, 0.15) is 17.4 Å². The van der Waals surface area contributed by atoms with Gasteiger partial charge in [-0.3, -0.25) is 0 Å². The number of carbonyl (C=O) groups excluding carboxylic acids is 1. The summed E-state index contributed by atoms with van der Waals surface area (Å²) in [4.78, 5) is 11.9. The fourth-order valence-corrected chi connectivity index (χ4v) is 3.16. The molecule has 26 heavy (non-hydrogen) atoms. The molecular weight excluding hydrogens is 354 g/mol. The molecule has 140 valence electrons. The van der Waals surface area contributed by atoms with Gasteiger partial charge in [0.05, 0.1) is 12.3 Å². The van der Waals surface area contributed by atoms with Crippen molar-refractivity contribution in [2.75, 3.05) is 30.8 Å². The maximum atomic E-state index is 11.9. The van der Waals surface area contributed by atoms with Crippen LogP contribution in [0.25, 0.3) is 0 Å². The van der Waals surface area contributed by atoms with E-state index in [0.29, 0.717) is 18.8 Å². The zero-order valence-electron chi connectivity index (χ0n) is 14.4. The molecule has 0 spiro atoms. The van der Waals surface area contributed by atoms with E-state index in [2.05, 4.69) is 26.0 Å². The lowest BCUT2D eigenvalue weighted by molar-refractivity contribution is -0.0110. The predicted octanol–water partition coefficient (Wildman–Crippen LogP) is 2.67. The highest BCUT2D eigenvalue weighted by molar-refractivity contribution is 7.99. The van der Waals surface area contributed by atoms with E-state index in [1.54, 1.807) is 6.20 Å². The number of anilines is 1. The minimum absolute atomic E-state index is 0.183. The van der Waals surface area contributed by atoms with E-state index in [9.17, 15) is 4.79 Å². The number of urea groups is 1. The topological polar surface area (TPSA) is 101 Å². The Morgan fingerprint density at radius 1 is 1.35 bits per heavy atom. The highest BCUT2D eigenvalue weighted by atomic mass is 32.2. The predicted molar refractivity (Wildman–Crippen MR) is 99.7 cm³/mol. The van der Waals surface area contributed by atoms with Crippen LogP contribution in [0.4, 0.5) is 10.5 Å². The average molecular weight is 377 g/mol. The number of carbonyl (C=O) groups is 1. The van der Waals surface area contributed by atoms with Crippen LogP contribution in [0.1, 0.15) is 19.3 Å². The van der Waals surface area contributed by atoms with Gasteiger partial charge in [-0.15, -0.1) is 16.9 Å². The molecular formula is C17H23N5O3S. The molecule has 2 amide bonds. The first-order valence-corrected chi connectivity index (χ1v) is 9.66. The molecule has 0 bridgehead atoms. The molecule has 1 aliphatic rings. The molecule has 1 aromatic carbocycles. The molecule has 3 N–H and O–H groups in total. The summed E-state index contributed by atoms with van der Waals surface area (Å²) in [6.07, 6.45) is 5.22. The van der Waals surface area contributed by atoms with Crippen molar-refractivity contribution < 1.29 is 14.3 Å². The van der Waals surface area contributed by atoms with Gasteiger partial charge in [-0.25, -0.2) is 4.79 Å². The van der Waals surface area contributed by atoms with E-state index < -0.39 is 0 Å². The van der Waals surface area contributed by atoms with E-state index in [1.807, 2.05) is 24.3 Å². The van der Waals surface area contributed by atoms with E-state index >= 15 is 0 Å². The Morgan fingerprint density at radius 3 is 2.96 bits per heavy atom. The van der Waals surface area contributed by atoms with Crippen molar-refractivity contribution in [2.45, 2.75) is 30.4 Å². The number of rotatable bonds is 8. The summed E-state index contributed by atoms with van der Waals surface area (Å²) in [6.45, 7) is 1.92. The first-order chi connectivity index (χ1) is 12.8. The van der Waals surface area contributed by atoms with Gasteiger partial charge in [-0.05, 0) is 43.5 Å². The number of hydrogen-bond acceptors (Lipinski definition) is 6. The largest absolute Gasteiger partial charge is 0.491 e. The Hall–Kier alpha value is -2.26. The number of amides is 2. The van der Waals surface area contributed by atoms with E-state index in [1.165, 1.54) is 18.2 Å². The Bertz CT molecular complexity index is 660. The van der Waals surface area contributed by atoms with Crippen LogP contribution in [0.3, 0.4) is 0 Å². The van der Waals surface area contributed by atoms with Gasteiger partial charge in [0, 0.05) is 24.6 Å². The van der Waals surface area contributed by atoms with Gasteiger partial charge < -0.3 is 20.1 Å². The second-order valence-corrected chi connectivity index (χ2v) is 6.98. The summed E-state index contributed by atoms with van der Waals surface area (Å²) in [5.41, 5.74) is 0.716. The van der Waals surface area contributed by atoms with E-state index in [0.717, 1.165) is 36.0 Å². The van der Waals surface area contributed by atoms with Crippen LogP contribution < -0.4 is 15.4 Å². The Morgan fingerprint density at radius 2 is 2.23 bits per heavy atom. The first kappa shape index (κ1) is 18.5. The molecule has 1 fully saturated rings. The van der Waals surface area contributed by atoms with Crippen molar-refractivity contribution in [1.29, 1.82) is 0 Å². The molecule has 2 aromatic rings. The third-order valence-electron chi connectivity index (χ3n) is 3.85. The summed E-state index contributed by atoms with van der Waals surface area (Å²) in [6, 6.07) is 7.09. The SMILES string of the molecule is O=C(NCCSc1cn[nH]n1)Nc1ccc(OC[C@H]2CCCCO2)cc1. The summed E-state index contributed by atoms with van der Waals surface area (Å²) < 4.78 is 11.4. The minimum Gasteiger partial charge on any atom is -0.491 e. The van der Waals surface area contributed by atoms with Gasteiger partial charge in [0.25, 0.3) is 0 Å². The molecule has 1 aromatic heterocycles. The monoisotopic (exact) mass is 377 g/mol. The van der Waals surface area contributed by atoms with Crippen LogP contribution >= 0.6 is 11.8 Å². The van der Waals surface area contributed by atoms with Crippen molar-refractivity contribution in [3.63, 3.8) is 0 Å². The van der Waals surface area contributed by atoms with Crippen molar-refractivity contribution in [1.82, 2.24) is 20.7 Å². The molecule has 0 aliphatic carbocycles. The third kappa shape index (κ3) is 6.23. The Balaban J connectivity index is 1.33. The minimum atomic E-state index is -0.241. The average Bonchev–Trinajstić information content (AvgIpc) is 3.19. The van der Waals surface area contributed by atoms with Gasteiger partial charge in [0.15, 0.2) is 0 Å². The second kappa shape index (κ2) is 10.0. The highest BCUT2D eigenvalue weighted by Crippen LogP contribution is 2.18. The van der Waals surface area contributed by atoms with Crippen LogP contribution in [0.2, 0.25) is 0 Å². The summed E-state index contributed by atoms with van der Waals surface area (Å²) in [7, 11) is 0. The zero-order valence-corrected chi connectivity index (χ0v) is 15.3. The third-order valence-corrected chi connectivity index (χ3v) is 4.75. The number of ether oxygens (including phenoxy) is 2. The molecule has 2 heterocycles. The van der Waals surface area contributed by atoms with Crippen molar-refractivity contribution in [2.24, 2.45) is 0 Å². The van der Waals surface area contributed by atoms with Gasteiger partial charge >= 0.3 is 6.03 Å². The number of aromatic amines is 1. The quantitative estimate of drug-likeness (QED) is 0.483. The fourth-order valence-electron chi connectivity index (χ4n) is 2.52. The van der Waals surface area contributed by atoms with E-state index in [4.69, 9.17) is 9.47 Å². The molecule has 9 heteroatoms. The molecule has 8 nitrogen and oxygen atoms in total. The van der Waals surface area contributed by atoms with Crippen molar-refractivity contribution in [3.05, 3.63) is 30.5 Å². The number of thioether (sulfide) groups is 1. The van der Waals surface area contributed by atoms with Crippen LogP contribution in [0.5, 0.6) is 5.75 Å². The molecule has 0 unspecified atom stereocenters. The first-order valence-electron chi connectivity index (χ1n) is 8.67. The smallest absolute Gasteiger partial charge is 0.319 e. The van der Waals surface area contributed by atoms with E-state index in [-0.39, 0.29) is 12.1 Å². The zero-order chi connectivity index (χ0) is 18.0. The number of H-pyrrole nitrogens is 1. The van der Waals surface area contributed by atoms with Gasteiger partial charge in [-0.2, -0.15) is 10.3 Å². The normalized spacial score (nSPS) is 16.8. The van der Waals surface area contributed by atoms with Crippen LogP contribution in [-0.2, 0) is 4.74 Å².